The molecule has 1 fully saturated rings. The molecule has 0 aliphatic carbocycles. The zero-order valence-electron chi connectivity index (χ0n) is 17.2. The fourth-order valence-electron chi connectivity index (χ4n) is 3.62. The lowest BCUT2D eigenvalue weighted by Crippen LogP contribution is -2.61. The van der Waals surface area contributed by atoms with Crippen molar-refractivity contribution in [2.24, 2.45) is 0 Å². The average molecular weight is 417 g/mol. The van der Waals surface area contributed by atoms with Crippen molar-refractivity contribution in [3.8, 4) is 10.4 Å². The van der Waals surface area contributed by atoms with Gasteiger partial charge >= 0.3 is 0 Å². The van der Waals surface area contributed by atoms with Gasteiger partial charge in [0.1, 0.15) is 0 Å². The Bertz CT molecular complexity index is 820. The molecule has 6 nitrogen and oxygen atoms in total. The number of carbonyl (C=O) groups excluding carboxylic acids is 2. The number of amides is 2. The van der Waals surface area contributed by atoms with E-state index in [0.29, 0.717) is 32.6 Å². The van der Waals surface area contributed by atoms with E-state index in [1.807, 2.05) is 18.2 Å². The summed E-state index contributed by atoms with van der Waals surface area (Å²) >= 11 is 1.70. The summed E-state index contributed by atoms with van der Waals surface area (Å²) in [6.45, 7) is 1.45. The van der Waals surface area contributed by atoms with Crippen LogP contribution < -0.4 is 0 Å². The SMILES string of the molecule is COCCC(=O)N1CCO[C@@](Cc2ccc(-c3cccs3)cc2)(C(=O)N(C)C)C1. The van der Waals surface area contributed by atoms with Crippen LogP contribution in [0, 0.1) is 0 Å². The molecule has 1 aromatic carbocycles. The molecule has 2 heterocycles. The summed E-state index contributed by atoms with van der Waals surface area (Å²) in [5.41, 5.74) is 1.08. The predicted octanol–water partition coefficient (Wildman–Crippen LogP) is 2.68. The van der Waals surface area contributed by atoms with E-state index in [1.54, 1.807) is 42.3 Å². The molecule has 1 aliphatic rings. The molecule has 1 aromatic heterocycles. The van der Waals surface area contributed by atoms with Crippen molar-refractivity contribution >= 4 is 23.2 Å². The van der Waals surface area contributed by atoms with Gasteiger partial charge in [0.25, 0.3) is 5.91 Å². The Morgan fingerprint density at radius 1 is 1.24 bits per heavy atom. The summed E-state index contributed by atoms with van der Waals surface area (Å²) in [5, 5.41) is 2.05. The number of carbonyl (C=O) groups is 2. The van der Waals surface area contributed by atoms with Gasteiger partial charge in [-0.3, -0.25) is 9.59 Å². The van der Waals surface area contributed by atoms with Crippen LogP contribution in [-0.4, -0.2) is 74.7 Å². The highest BCUT2D eigenvalue weighted by molar-refractivity contribution is 7.13. The summed E-state index contributed by atoms with van der Waals surface area (Å²) in [7, 11) is 5.02. The topological polar surface area (TPSA) is 59.1 Å². The summed E-state index contributed by atoms with van der Waals surface area (Å²) < 4.78 is 11.1. The zero-order chi connectivity index (χ0) is 20.9. The summed E-state index contributed by atoms with van der Waals surface area (Å²) in [4.78, 5) is 30.1. The maximum Gasteiger partial charge on any atom is 0.256 e. The van der Waals surface area contributed by atoms with Gasteiger partial charge in [0.15, 0.2) is 5.60 Å². The number of thiophene rings is 1. The lowest BCUT2D eigenvalue weighted by molar-refractivity contribution is -0.172. The molecule has 0 saturated carbocycles. The first-order valence-corrected chi connectivity index (χ1v) is 10.6. The molecule has 1 aliphatic heterocycles. The van der Waals surface area contributed by atoms with E-state index in [1.165, 1.54) is 4.88 Å². The molecule has 156 valence electrons. The number of morpholine rings is 1. The van der Waals surface area contributed by atoms with Gasteiger partial charge in [-0.05, 0) is 22.6 Å². The van der Waals surface area contributed by atoms with Crippen molar-refractivity contribution in [3.05, 3.63) is 47.3 Å². The molecule has 0 N–H and O–H groups in total. The number of nitrogens with zero attached hydrogens (tertiary/aromatic N) is 2. The number of rotatable bonds is 7. The summed E-state index contributed by atoms with van der Waals surface area (Å²) in [5.74, 6) is -0.136. The Labute approximate surface area is 176 Å². The minimum Gasteiger partial charge on any atom is -0.384 e. The third kappa shape index (κ3) is 5.04. The monoisotopic (exact) mass is 416 g/mol. The predicted molar refractivity (Wildman–Crippen MR) is 114 cm³/mol. The number of benzene rings is 1. The molecule has 2 amide bonds. The van der Waals surface area contributed by atoms with Gasteiger partial charge in [0, 0.05) is 39.0 Å². The van der Waals surface area contributed by atoms with E-state index in [2.05, 4.69) is 23.6 Å². The normalized spacial score (nSPS) is 19.2. The molecule has 0 spiro atoms. The highest BCUT2D eigenvalue weighted by atomic mass is 32.1. The van der Waals surface area contributed by atoms with Crippen molar-refractivity contribution < 1.29 is 19.1 Å². The molecule has 0 radical (unpaired) electrons. The molecule has 2 aromatic rings. The Hall–Kier alpha value is -2.22. The van der Waals surface area contributed by atoms with Crippen molar-refractivity contribution in [2.45, 2.75) is 18.4 Å². The van der Waals surface area contributed by atoms with Crippen LogP contribution in [0.5, 0.6) is 0 Å². The molecule has 29 heavy (non-hydrogen) atoms. The van der Waals surface area contributed by atoms with Gasteiger partial charge in [0.05, 0.1) is 26.2 Å². The second-order valence-corrected chi connectivity index (χ2v) is 8.40. The second-order valence-electron chi connectivity index (χ2n) is 7.45. The van der Waals surface area contributed by atoms with Gasteiger partial charge in [0.2, 0.25) is 5.91 Å². The highest BCUT2D eigenvalue weighted by Crippen LogP contribution is 2.29. The van der Waals surface area contributed by atoms with Crippen molar-refractivity contribution in [1.82, 2.24) is 9.80 Å². The Balaban J connectivity index is 1.81. The third-order valence-corrected chi connectivity index (χ3v) is 6.02. The Morgan fingerprint density at radius 2 is 2.00 bits per heavy atom. The maximum atomic E-state index is 13.1. The smallest absolute Gasteiger partial charge is 0.256 e. The van der Waals surface area contributed by atoms with Crippen LogP contribution in [0.4, 0.5) is 0 Å². The molecule has 3 rings (SSSR count). The van der Waals surface area contributed by atoms with Gasteiger partial charge in [-0.2, -0.15) is 0 Å². The third-order valence-electron chi connectivity index (χ3n) is 5.10. The first-order valence-electron chi connectivity index (χ1n) is 9.70. The largest absolute Gasteiger partial charge is 0.384 e. The van der Waals surface area contributed by atoms with Crippen molar-refractivity contribution in [2.75, 3.05) is 47.5 Å². The Morgan fingerprint density at radius 3 is 2.62 bits per heavy atom. The van der Waals surface area contributed by atoms with Crippen LogP contribution in [0.2, 0.25) is 0 Å². The van der Waals surface area contributed by atoms with E-state index in [4.69, 9.17) is 9.47 Å². The van der Waals surface area contributed by atoms with E-state index in [0.717, 1.165) is 11.1 Å². The summed E-state index contributed by atoms with van der Waals surface area (Å²) in [6, 6.07) is 12.3. The zero-order valence-corrected chi connectivity index (χ0v) is 18.0. The van der Waals surface area contributed by atoms with Gasteiger partial charge in [-0.15, -0.1) is 11.3 Å². The number of methoxy groups -OCH3 is 1. The van der Waals surface area contributed by atoms with Crippen LogP contribution in [0.3, 0.4) is 0 Å². The quantitative estimate of drug-likeness (QED) is 0.696. The van der Waals surface area contributed by atoms with Crippen molar-refractivity contribution in [1.29, 1.82) is 0 Å². The minimum absolute atomic E-state index is 0.0147. The van der Waals surface area contributed by atoms with E-state index >= 15 is 0 Å². The molecular weight excluding hydrogens is 388 g/mol. The van der Waals surface area contributed by atoms with Gasteiger partial charge in [-0.25, -0.2) is 0 Å². The standard InChI is InChI=1S/C22H28N2O4S/c1-23(2)21(26)22(16-24(11-13-28-22)20(25)10-12-27-3)15-17-6-8-18(9-7-17)19-5-4-14-29-19/h4-9,14H,10-13,15-16H2,1-3H3/t22-/m1/s1. The van der Waals surface area contributed by atoms with Crippen LogP contribution in [-0.2, 0) is 25.5 Å². The first-order chi connectivity index (χ1) is 13.9. The number of likely N-dealkylation sites (N-methyl/N-ethyl adjacent to an activating group) is 1. The fraction of sp³-hybridized carbons (Fsp3) is 0.455. The lowest BCUT2D eigenvalue weighted by Gasteiger charge is -2.43. The van der Waals surface area contributed by atoms with E-state index in [-0.39, 0.29) is 18.4 Å². The molecule has 1 saturated heterocycles. The maximum absolute atomic E-state index is 13.1. The molecule has 1 atom stereocenters. The van der Waals surface area contributed by atoms with E-state index < -0.39 is 5.60 Å². The minimum atomic E-state index is -1.07. The average Bonchev–Trinajstić information content (AvgIpc) is 3.27. The highest BCUT2D eigenvalue weighted by Gasteiger charge is 2.45. The molecule has 7 heteroatoms. The fourth-order valence-corrected chi connectivity index (χ4v) is 4.36. The molecule has 0 bridgehead atoms. The van der Waals surface area contributed by atoms with E-state index in [9.17, 15) is 9.59 Å². The summed E-state index contributed by atoms with van der Waals surface area (Å²) in [6.07, 6.45) is 0.723. The van der Waals surface area contributed by atoms with Crippen LogP contribution in [0.1, 0.15) is 12.0 Å². The molecular formula is C22H28N2O4S. The van der Waals surface area contributed by atoms with Crippen LogP contribution in [0.25, 0.3) is 10.4 Å². The van der Waals surface area contributed by atoms with Crippen molar-refractivity contribution in [3.63, 3.8) is 0 Å². The van der Waals surface area contributed by atoms with Gasteiger partial charge < -0.3 is 19.3 Å². The number of ether oxygens (including phenoxy) is 2. The lowest BCUT2D eigenvalue weighted by atomic mass is 9.90. The molecule has 0 unspecified atom stereocenters. The van der Waals surface area contributed by atoms with Crippen LogP contribution >= 0.6 is 11.3 Å². The Kier molecular flexibility index (Phi) is 7.05. The number of hydrogen-bond acceptors (Lipinski definition) is 5. The van der Waals surface area contributed by atoms with Gasteiger partial charge in [-0.1, -0.05) is 30.3 Å². The second kappa shape index (κ2) is 9.52. The van der Waals surface area contributed by atoms with Crippen LogP contribution in [0.15, 0.2) is 41.8 Å². The number of hydrogen-bond donors (Lipinski definition) is 0. The first kappa shape index (κ1) is 21.5.